The summed E-state index contributed by atoms with van der Waals surface area (Å²) < 4.78 is 5.13. The molecule has 1 aromatic rings. The van der Waals surface area contributed by atoms with Crippen LogP contribution in [0.5, 0.6) is 0 Å². The Labute approximate surface area is 160 Å². The first-order chi connectivity index (χ1) is 12.9. The van der Waals surface area contributed by atoms with E-state index >= 15 is 0 Å². The number of nitrogens with one attached hydrogen (secondary N) is 2. The molecule has 27 heavy (non-hydrogen) atoms. The van der Waals surface area contributed by atoms with Crippen molar-refractivity contribution in [3.8, 4) is 0 Å². The molecule has 150 valence electrons. The quantitative estimate of drug-likeness (QED) is 0.405. The van der Waals surface area contributed by atoms with E-state index < -0.39 is 18.1 Å². The molecule has 0 aliphatic rings. The van der Waals surface area contributed by atoms with Crippen LogP contribution in [0.1, 0.15) is 31.4 Å². The van der Waals surface area contributed by atoms with Gasteiger partial charge in [0.05, 0.1) is 25.2 Å². The van der Waals surface area contributed by atoms with Crippen LogP contribution >= 0.6 is 0 Å². The molecule has 0 aromatic heterocycles. The number of allylic oxidation sites excluding steroid dienone is 1. The van der Waals surface area contributed by atoms with Gasteiger partial charge in [0.2, 0.25) is 11.8 Å². The van der Waals surface area contributed by atoms with Gasteiger partial charge in [0.25, 0.3) is 0 Å². The topological polar surface area (TPSA) is 108 Å². The lowest BCUT2D eigenvalue weighted by Crippen LogP contribution is -2.46. The minimum Gasteiger partial charge on any atom is -0.394 e. The van der Waals surface area contributed by atoms with Gasteiger partial charge in [-0.3, -0.25) is 9.59 Å². The number of carbonyl (C=O) groups is 2. The zero-order valence-electron chi connectivity index (χ0n) is 15.9. The fourth-order valence-corrected chi connectivity index (χ4v) is 2.66. The fourth-order valence-electron chi connectivity index (χ4n) is 2.66. The lowest BCUT2D eigenvalue weighted by Gasteiger charge is -2.26. The van der Waals surface area contributed by atoms with Gasteiger partial charge in [-0.25, -0.2) is 0 Å². The molecule has 0 bridgehead atoms. The van der Waals surface area contributed by atoms with Crippen LogP contribution in [-0.2, 0) is 14.3 Å². The summed E-state index contributed by atoms with van der Waals surface area (Å²) in [6, 6.07) is 7.94. The first kappa shape index (κ1) is 22.8. The van der Waals surface area contributed by atoms with Gasteiger partial charge in [0.15, 0.2) is 0 Å². The van der Waals surface area contributed by atoms with Crippen molar-refractivity contribution in [1.82, 2.24) is 10.6 Å². The second-order valence-corrected chi connectivity index (χ2v) is 6.50. The van der Waals surface area contributed by atoms with E-state index in [0.717, 1.165) is 0 Å². The predicted octanol–water partition coefficient (Wildman–Crippen LogP) is 0.931. The predicted molar refractivity (Wildman–Crippen MR) is 103 cm³/mol. The molecule has 0 aliphatic carbocycles. The largest absolute Gasteiger partial charge is 0.394 e. The Hall–Kier alpha value is -2.22. The molecule has 1 rings (SSSR count). The van der Waals surface area contributed by atoms with Crippen LogP contribution in [0.2, 0.25) is 0 Å². The lowest BCUT2D eigenvalue weighted by molar-refractivity contribution is -0.132. The van der Waals surface area contributed by atoms with E-state index in [1.54, 1.807) is 37.3 Å². The molecule has 7 heteroatoms. The monoisotopic (exact) mass is 378 g/mol. The highest BCUT2D eigenvalue weighted by atomic mass is 16.5. The third-order valence-corrected chi connectivity index (χ3v) is 4.13. The summed E-state index contributed by atoms with van der Waals surface area (Å²) in [5.41, 5.74) is 0.662. The highest BCUT2D eigenvalue weighted by molar-refractivity contribution is 5.86. The number of ether oxygens (including phenoxy) is 1. The number of methoxy groups -OCH3 is 1. The second-order valence-electron chi connectivity index (χ2n) is 6.50. The van der Waals surface area contributed by atoms with Crippen LogP contribution in [0.15, 0.2) is 43.0 Å². The van der Waals surface area contributed by atoms with Crippen LogP contribution in [-0.4, -0.2) is 54.4 Å². The maximum absolute atomic E-state index is 12.7. The molecule has 4 atom stereocenters. The highest BCUT2D eigenvalue weighted by Gasteiger charge is 2.27. The molecule has 0 radical (unpaired) electrons. The number of amides is 2. The van der Waals surface area contributed by atoms with Crippen LogP contribution < -0.4 is 10.6 Å². The number of hydrogen-bond donors (Lipinski definition) is 4. The summed E-state index contributed by atoms with van der Waals surface area (Å²) in [5, 5.41) is 25.0. The van der Waals surface area contributed by atoms with Gasteiger partial charge in [0, 0.05) is 19.6 Å². The first-order valence-electron chi connectivity index (χ1n) is 8.96. The molecule has 4 N–H and O–H groups in total. The van der Waals surface area contributed by atoms with Gasteiger partial charge >= 0.3 is 0 Å². The third kappa shape index (κ3) is 7.90. The minimum absolute atomic E-state index is 0.0384. The minimum atomic E-state index is -0.942. The van der Waals surface area contributed by atoms with Crippen LogP contribution in [0, 0.1) is 5.92 Å². The average Bonchev–Trinajstić information content (AvgIpc) is 2.67. The summed E-state index contributed by atoms with van der Waals surface area (Å²) in [4.78, 5) is 24.7. The van der Waals surface area contributed by atoms with E-state index in [-0.39, 0.29) is 37.5 Å². The Morgan fingerprint density at radius 3 is 2.48 bits per heavy atom. The SMILES string of the molecule is C=CC[C@H](CC(=O)N[C@@H](C)CO)C(=O)N[C@@H](COC)[C@@H](O)c1ccccc1. The van der Waals surface area contributed by atoms with Crippen molar-refractivity contribution < 1.29 is 24.5 Å². The van der Waals surface area contributed by atoms with Crippen molar-refractivity contribution in [3.63, 3.8) is 0 Å². The number of aliphatic hydroxyl groups is 2. The van der Waals surface area contributed by atoms with Gasteiger partial charge in [-0.1, -0.05) is 36.4 Å². The summed E-state index contributed by atoms with van der Waals surface area (Å²) >= 11 is 0. The van der Waals surface area contributed by atoms with Crippen molar-refractivity contribution in [2.75, 3.05) is 20.3 Å². The molecule has 7 nitrogen and oxygen atoms in total. The van der Waals surface area contributed by atoms with E-state index in [2.05, 4.69) is 17.2 Å². The van der Waals surface area contributed by atoms with Gasteiger partial charge < -0.3 is 25.6 Å². The maximum atomic E-state index is 12.7. The lowest BCUT2D eigenvalue weighted by atomic mass is 9.97. The van der Waals surface area contributed by atoms with E-state index in [0.29, 0.717) is 12.0 Å². The molecule has 0 fully saturated rings. The number of benzene rings is 1. The summed E-state index contributed by atoms with van der Waals surface area (Å²) in [6.07, 6.45) is 0.908. The maximum Gasteiger partial charge on any atom is 0.224 e. The van der Waals surface area contributed by atoms with Crippen molar-refractivity contribution in [3.05, 3.63) is 48.6 Å². The standard InChI is InChI=1S/C20H30N2O5/c1-4-8-16(11-18(24)21-14(2)12-23)20(26)22-17(13-27-3)19(25)15-9-6-5-7-10-15/h4-7,9-10,14,16-17,19,23,25H,1,8,11-13H2,2-3H3,(H,21,24)(H,22,26)/t14-,16+,17-,19-/m0/s1. The molecule has 0 saturated carbocycles. The smallest absolute Gasteiger partial charge is 0.224 e. The normalized spacial score (nSPS) is 15.3. The summed E-state index contributed by atoms with van der Waals surface area (Å²) in [7, 11) is 1.49. The molecule has 0 unspecified atom stereocenters. The molecule has 0 saturated heterocycles. The zero-order valence-corrected chi connectivity index (χ0v) is 15.9. The Morgan fingerprint density at radius 1 is 1.26 bits per heavy atom. The second kappa shape index (κ2) is 12.2. The van der Waals surface area contributed by atoms with Gasteiger partial charge in [-0.2, -0.15) is 0 Å². The van der Waals surface area contributed by atoms with Gasteiger partial charge in [-0.05, 0) is 18.9 Å². The number of hydrogen-bond acceptors (Lipinski definition) is 5. The van der Waals surface area contributed by atoms with E-state index in [1.165, 1.54) is 7.11 Å². The summed E-state index contributed by atoms with van der Waals surface area (Å²) in [5.74, 6) is -1.32. The van der Waals surface area contributed by atoms with Gasteiger partial charge in [0.1, 0.15) is 6.10 Å². The van der Waals surface area contributed by atoms with Crippen LogP contribution in [0.25, 0.3) is 0 Å². The molecule has 2 amide bonds. The Morgan fingerprint density at radius 2 is 1.93 bits per heavy atom. The van der Waals surface area contributed by atoms with E-state index in [9.17, 15) is 14.7 Å². The van der Waals surface area contributed by atoms with Crippen molar-refractivity contribution in [2.24, 2.45) is 5.92 Å². The van der Waals surface area contributed by atoms with E-state index in [4.69, 9.17) is 9.84 Å². The van der Waals surface area contributed by atoms with E-state index in [1.807, 2.05) is 6.07 Å². The molecular formula is C20H30N2O5. The molecule has 0 aliphatic heterocycles. The summed E-state index contributed by atoms with van der Waals surface area (Å²) in [6.45, 7) is 5.26. The third-order valence-electron chi connectivity index (χ3n) is 4.13. The van der Waals surface area contributed by atoms with Crippen molar-refractivity contribution >= 4 is 11.8 Å². The Kier molecular flexibility index (Phi) is 10.3. The zero-order chi connectivity index (χ0) is 20.2. The van der Waals surface area contributed by atoms with Crippen molar-refractivity contribution in [1.29, 1.82) is 0 Å². The Balaban J connectivity index is 2.80. The van der Waals surface area contributed by atoms with Crippen LogP contribution in [0.4, 0.5) is 0 Å². The van der Waals surface area contributed by atoms with Crippen molar-refractivity contribution in [2.45, 2.75) is 38.0 Å². The first-order valence-corrected chi connectivity index (χ1v) is 8.96. The fraction of sp³-hybridized carbons (Fsp3) is 0.500. The number of carbonyl (C=O) groups excluding carboxylic acids is 2. The molecule has 0 heterocycles. The van der Waals surface area contributed by atoms with Gasteiger partial charge in [-0.15, -0.1) is 6.58 Å². The highest BCUT2D eigenvalue weighted by Crippen LogP contribution is 2.18. The molecule has 0 spiro atoms. The number of rotatable bonds is 12. The Bertz CT molecular complexity index is 593. The molecule has 1 aromatic carbocycles. The molecular weight excluding hydrogens is 348 g/mol. The number of aliphatic hydroxyl groups excluding tert-OH is 2. The average molecular weight is 378 g/mol. The van der Waals surface area contributed by atoms with Crippen LogP contribution in [0.3, 0.4) is 0 Å².